The van der Waals surface area contributed by atoms with Gasteiger partial charge in [0.05, 0.1) is 0 Å². The minimum Gasteiger partial charge on any atom is -0.507 e. The molecule has 0 bridgehead atoms. The fourth-order valence-electron chi connectivity index (χ4n) is 4.71. The van der Waals surface area contributed by atoms with Crippen molar-refractivity contribution in [2.24, 2.45) is 0 Å². The van der Waals surface area contributed by atoms with Crippen molar-refractivity contribution in [1.29, 1.82) is 0 Å². The second-order valence-corrected chi connectivity index (χ2v) is 7.51. The fourth-order valence-corrected chi connectivity index (χ4v) is 4.71. The molecule has 0 heterocycles. The average molecular weight is 358 g/mol. The van der Waals surface area contributed by atoms with Crippen LogP contribution in [-0.4, -0.2) is 5.11 Å². The highest BCUT2D eigenvalue weighted by Crippen LogP contribution is 2.34. The van der Waals surface area contributed by atoms with E-state index >= 15 is 0 Å². The van der Waals surface area contributed by atoms with E-state index in [9.17, 15) is 5.11 Å². The van der Waals surface area contributed by atoms with Crippen molar-refractivity contribution in [2.45, 2.75) is 5.92 Å². The number of allylic oxidation sites excluding steroid dienone is 1. The summed E-state index contributed by atoms with van der Waals surface area (Å²) in [7, 11) is 0. The minimum atomic E-state index is 0.250. The zero-order valence-electron chi connectivity index (χ0n) is 15.3. The van der Waals surface area contributed by atoms with E-state index in [-0.39, 0.29) is 5.92 Å². The van der Waals surface area contributed by atoms with Crippen molar-refractivity contribution in [3.8, 4) is 5.75 Å². The van der Waals surface area contributed by atoms with Gasteiger partial charge in [-0.25, -0.2) is 0 Å². The van der Waals surface area contributed by atoms with Crippen LogP contribution < -0.4 is 10.4 Å². The molecule has 28 heavy (non-hydrogen) atoms. The number of hydrogen-bond acceptors (Lipinski definition) is 1. The molecule has 1 atom stereocenters. The lowest BCUT2D eigenvalue weighted by Crippen LogP contribution is -2.16. The molecule has 0 aliphatic heterocycles. The molecule has 0 aromatic heterocycles. The molecule has 1 nitrogen and oxygen atoms in total. The summed E-state index contributed by atoms with van der Waals surface area (Å²) in [6.07, 6.45) is 9.09. The summed E-state index contributed by atoms with van der Waals surface area (Å²) in [6, 6.07) is 25.0. The predicted molar refractivity (Wildman–Crippen MR) is 115 cm³/mol. The zero-order valence-corrected chi connectivity index (χ0v) is 15.3. The van der Waals surface area contributed by atoms with E-state index in [1.54, 1.807) is 6.07 Å². The van der Waals surface area contributed by atoms with Crippen molar-refractivity contribution < 1.29 is 5.11 Å². The molecule has 0 spiro atoms. The first-order valence-corrected chi connectivity index (χ1v) is 9.65. The lowest BCUT2D eigenvalue weighted by Gasteiger charge is -2.17. The number of rotatable bonds is 1. The van der Waals surface area contributed by atoms with Gasteiger partial charge in [0.15, 0.2) is 0 Å². The van der Waals surface area contributed by atoms with Gasteiger partial charge >= 0.3 is 0 Å². The molecule has 0 saturated carbocycles. The molecule has 6 rings (SSSR count). The van der Waals surface area contributed by atoms with Gasteiger partial charge < -0.3 is 5.11 Å². The van der Waals surface area contributed by atoms with E-state index in [0.717, 1.165) is 16.3 Å². The third kappa shape index (κ3) is 2.07. The number of phenolic OH excluding ortho intramolecular Hbond substituents is 1. The van der Waals surface area contributed by atoms with E-state index in [1.165, 1.54) is 32.0 Å². The molecule has 0 fully saturated rings. The molecule has 1 heteroatoms. The van der Waals surface area contributed by atoms with E-state index < -0.39 is 0 Å². The summed E-state index contributed by atoms with van der Waals surface area (Å²) < 4.78 is 0. The Balaban J connectivity index is 1.84. The highest BCUT2D eigenvalue weighted by Gasteiger charge is 2.18. The van der Waals surface area contributed by atoms with Crippen LogP contribution in [0.15, 0.2) is 78.9 Å². The van der Waals surface area contributed by atoms with Crippen LogP contribution in [0.2, 0.25) is 0 Å². The first-order valence-electron chi connectivity index (χ1n) is 9.65. The smallest absolute Gasteiger partial charge is 0.124 e. The molecule has 4 aromatic carbocycles. The third-order valence-electron chi connectivity index (χ3n) is 5.96. The van der Waals surface area contributed by atoms with Crippen LogP contribution in [0.4, 0.5) is 0 Å². The van der Waals surface area contributed by atoms with Crippen LogP contribution >= 0.6 is 0 Å². The Morgan fingerprint density at radius 3 is 2.46 bits per heavy atom. The Labute approximate surface area is 162 Å². The predicted octanol–water partition coefficient (Wildman–Crippen LogP) is 4.57. The highest BCUT2D eigenvalue weighted by atomic mass is 16.3. The Morgan fingerprint density at radius 1 is 0.750 bits per heavy atom. The highest BCUT2D eigenvalue weighted by molar-refractivity contribution is 6.01. The summed E-state index contributed by atoms with van der Waals surface area (Å²) in [6.45, 7) is 0. The van der Waals surface area contributed by atoms with Crippen molar-refractivity contribution in [3.63, 3.8) is 0 Å². The first-order chi connectivity index (χ1) is 13.8. The van der Waals surface area contributed by atoms with Crippen molar-refractivity contribution in [1.82, 2.24) is 0 Å². The molecule has 1 N–H and O–H groups in total. The maximum absolute atomic E-state index is 10.7. The normalized spacial score (nSPS) is 16.1. The Morgan fingerprint density at radius 2 is 1.57 bits per heavy atom. The molecule has 4 aromatic rings. The standard InChI is InChI=1S/C27H18O/c28-25-12-6-11-22-21-14-13-18(17-7-2-1-3-8-17)15-23(21)26-20-10-5-4-9-19(20)16-24(26)27(22)25/h1-16,18,28H. The van der Waals surface area contributed by atoms with E-state index in [1.807, 2.05) is 6.07 Å². The molecule has 0 saturated heterocycles. The number of fused-ring (bicyclic) bond motifs is 7. The molecule has 2 aliphatic rings. The average Bonchev–Trinajstić information content (AvgIpc) is 3.14. The minimum absolute atomic E-state index is 0.250. The molecule has 2 aliphatic carbocycles. The summed E-state index contributed by atoms with van der Waals surface area (Å²) in [4.78, 5) is 0. The fraction of sp³-hybridized carbons (Fsp3) is 0.0370. The quantitative estimate of drug-likeness (QED) is 0.466. The van der Waals surface area contributed by atoms with Gasteiger partial charge in [0.2, 0.25) is 0 Å². The van der Waals surface area contributed by atoms with Gasteiger partial charge in [0.25, 0.3) is 0 Å². The molecule has 0 radical (unpaired) electrons. The van der Waals surface area contributed by atoms with E-state index in [4.69, 9.17) is 0 Å². The van der Waals surface area contributed by atoms with Crippen molar-refractivity contribution in [3.05, 3.63) is 116 Å². The van der Waals surface area contributed by atoms with Gasteiger partial charge in [0.1, 0.15) is 5.75 Å². The lowest BCUT2D eigenvalue weighted by atomic mass is 9.87. The Kier molecular flexibility index (Phi) is 3.15. The summed E-state index contributed by atoms with van der Waals surface area (Å²) in [5, 5.41) is 17.7. The van der Waals surface area contributed by atoms with Gasteiger partial charge in [0, 0.05) is 11.3 Å². The van der Waals surface area contributed by atoms with Gasteiger partial charge in [-0.3, -0.25) is 0 Å². The summed E-state index contributed by atoms with van der Waals surface area (Å²) in [5.74, 6) is 0.597. The van der Waals surface area contributed by atoms with Gasteiger partial charge in [-0.15, -0.1) is 0 Å². The van der Waals surface area contributed by atoms with Gasteiger partial charge in [-0.2, -0.15) is 0 Å². The second-order valence-electron chi connectivity index (χ2n) is 7.51. The van der Waals surface area contributed by atoms with Crippen LogP contribution in [0.1, 0.15) is 22.6 Å². The third-order valence-corrected chi connectivity index (χ3v) is 5.96. The Bertz CT molecular complexity index is 1510. The summed E-state index contributed by atoms with van der Waals surface area (Å²) in [5.41, 5.74) is 3.62. The van der Waals surface area contributed by atoms with Crippen LogP contribution in [0.25, 0.3) is 29.0 Å². The molecule has 0 amide bonds. The number of aromatic hydroxyl groups is 1. The van der Waals surface area contributed by atoms with Crippen LogP contribution in [0, 0.1) is 10.4 Å². The van der Waals surface area contributed by atoms with Crippen molar-refractivity contribution >= 4 is 29.0 Å². The summed E-state index contributed by atoms with van der Waals surface area (Å²) >= 11 is 0. The van der Waals surface area contributed by atoms with E-state index in [0.29, 0.717) is 5.75 Å². The lowest BCUT2D eigenvalue weighted by molar-refractivity contribution is 0.481. The Hall–Kier alpha value is -3.58. The van der Waals surface area contributed by atoms with Crippen molar-refractivity contribution in [2.75, 3.05) is 0 Å². The van der Waals surface area contributed by atoms with Gasteiger partial charge in [-0.1, -0.05) is 85.0 Å². The zero-order chi connectivity index (χ0) is 18.7. The second kappa shape index (κ2) is 5.71. The maximum atomic E-state index is 10.7. The van der Waals surface area contributed by atoms with Gasteiger partial charge in [-0.05, 0) is 55.1 Å². The van der Waals surface area contributed by atoms with Crippen LogP contribution in [-0.2, 0) is 0 Å². The molecular formula is C27H18O. The SMILES string of the molecule is Oc1cccc2c3c(c4c(c12)C=c1ccccc1=4)=CC(c1ccccc1)C=C3. The molecule has 132 valence electrons. The largest absolute Gasteiger partial charge is 0.507 e. The number of benzene rings is 4. The monoisotopic (exact) mass is 358 g/mol. The molecular weight excluding hydrogens is 340 g/mol. The first kappa shape index (κ1) is 15.5. The maximum Gasteiger partial charge on any atom is 0.124 e. The number of phenols is 1. The topological polar surface area (TPSA) is 20.2 Å². The van der Waals surface area contributed by atoms with Crippen LogP contribution in [0.5, 0.6) is 5.75 Å². The number of hydrogen-bond donors (Lipinski definition) is 1. The molecule has 1 unspecified atom stereocenters. The van der Waals surface area contributed by atoms with Crippen LogP contribution in [0.3, 0.4) is 0 Å². The van der Waals surface area contributed by atoms with E-state index in [2.05, 4.69) is 85.0 Å².